The Morgan fingerprint density at radius 1 is 1.10 bits per heavy atom. The van der Waals surface area contributed by atoms with Crippen LogP contribution in [0, 0.1) is 0 Å². The predicted molar refractivity (Wildman–Crippen MR) is 126 cm³/mol. The molecule has 0 radical (unpaired) electrons. The number of anilines is 1. The van der Waals surface area contributed by atoms with E-state index in [1.165, 1.54) is 11.0 Å². The number of hydrogen-bond donors (Lipinski definition) is 1. The fraction of sp³-hybridized carbons (Fsp3) is 0.261. The van der Waals surface area contributed by atoms with Crippen LogP contribution >= 0.6 is 23.8 Å². The number of methoxy groups -OCH3 is 1. The van der Waals surface area contributed by atoms with Gasteiger partial charge in [0.05, 0.1) is 19.4 Å². The van der Waals surface area contributed by atoms with Crippen molar-refractivity contribution in [3.8, 4) is 11.5 Å². The molecule has 1 aliphatic heterocycles. The molecule has 1 fully saturated rings. The largest absolute Gasteiger partial charge is 0.493 e. The topological polar surface area (TPSA) is 67.9 Å². The quantitative estimate of drug-likeness (QED) is 0.267. The highest BCUT2D eigenvalue weighted by Crippen LogP contribution is 2.30. The van der Waals surface area contributed by atoms with E-state index >= 15 is 0 Å². The lowest BCUT2D eigenvalue weighted by Gasteiger charge is -2.29. The van der Waals surface area contributed by atoms with Gasteiger partial charge in [0.15, 0.2) is 16.6 Å². The van der Waals surface area contributed by atoms with E-state index in [2.05, 4.69) is 12.2 Å². The first kappa shape index (κ1) is 22.8. The van der Waals surface area contributed by atoms with Crippen molar-refractivity contribution < 1.29 is 19.1 Å². The molecule has 2 amide bonds. The fourth-order valence-electron chi connectivity index (χ4n) is 3.08. The first-order valence-electron chi connectivity index (χ1n) is 9.92. The molecule has 1 saturated heterocycles. The summed E-state index contributed by atoms with van der Waals surface area (Å²) in [6, 6.07) is 11.9. The highest BCUT2D eigenvalue weighted by molar-refractivity contribution is 7.80. The summed E-state index contributed by atoms with van der Waals surface area (Å²) >= 11 is 11.1. The van der Waals surface area contributed by atoms with Gasteiger partial charge in [-0.15, -0.1) is 0 Å². The summed E-state index contributed by atoms with van der Waals surface area (Å²) in [4.78, 5) is 26.8. The SMILES string of the molecule is CCCCCOc1ccc(/C=C2/C(=O)NC(=S)N(c3ccc(Cl)cc3)C2=O)cc1OC. The van der Waals surface area contributed by atoms with E-state index in [1.807, 2.05) is 0 Å². The molecule has 162 valence electrons. The molecular weight excluding hydrogens is 436 g/mol. The normalized spacial score (nSPS) is 15.3. The lowest BCUT2D eigenvalue weighted by atomic mass is 10.1. The minimum absolute atomic E-state index is 0.0166. The van der Waals surface area contributed by atoms with E-state index < -0.39 is 11.8 Å². The molecule has 0 aromatic heterocycles. The molecule has 1 heterocycles. The number of carbonyl (C=O) groups is 2. The molecule has 1 aliphatic rings. The molecule has 2 aromatic carbocycles. The number of rotatable bonds is 8. The lowest BCUT2D eigenvalue weighted by molar-refractivity contribution is -0.122. The highest BCUT2D eigenvalue weighted by Gasteiger charge is 2.34. The van der Waals surface area contributed by atoms with Gasteiger partial charge in [0.2, 0.25) is 0 Å². The number of nitrogens with zero attached hydrogens (tertiary/aromatic N) is 1. The average Bonchev–Trinajstić information content (AvgIpc) is 2.76. The number of halogens is 1. The van der Waals surface area contributed by atoms with Crippen LogP contribution in [0.2, 0.25) is 5.02 Å². The van der Waals surface area contributed by atoms with E-state index in [1.54, 1.807) is 49.6 Å². The van der Waals surface area contributed by atoms with Crippen molar-refractivity contribution in [1.82, 2.24) is 5.32 Å². The van der Waals surface area contributed by atoms with Crippen LogP contribution in [0.15, 0.2) is 48.0 Å². The zero-order valence-corrected chi connectivity index (χ0v) is 18.9. The van der Waals surface area contributed by atoms with Gasteiger partial charge in [-0.2, -0.15) is 0 Å². The molecule has 0 unspecified atom stereocenters. The predicted octanol–water partition coefficient (Wildman–Crippen LogP) is 4.75. The fourth-order valence-corrected chi connectivity index (χ4v) is 3.48. The van der Waals surface area contributed by atoms with E-state index in [4.69, 9.17) is 33.3 Å². The van der Waals surface area contributed by atoms with Gasteiger partial charge in [0, 0.05) is 5.02 Å². The van der Waals surface area contributed by atoms with Crippen molar-refractivity contribution in [3.63, 3.8) is 0 Å². The minimum Gasteiger partial charge on any atom is -0.493 e. The second-order valence-electron chi connectivity index (χ2n) is 6.90. The molecule has 31 heavy (non-hydrogen) atoms. The first-order chi connectivity index (χ1) is 14.9. The summed E-state index contributed by atoms with van der Waals surface area (Å²) < 4.78 is 11.2. The molecule has 0 atom stereocenters. The zero-order valence-electron chi connectivity index (χ0n) is 17.3. The van der Waals surface area contributed by atoms with Crippen LogP contribution in [0.3, 0.4) is 0 Å². The third kappa shape index (κ3) is 5.42. The summed E-state index contributed by atoms with van der Waals surface area (Å²) in [5, 5.41) is 3.11. The van der Waals surface area contributed by atoms with Gasteiger partial charge in [-0.3, -0.25) is 19.8 Å². The van der Waals surface area contributed by atoms with Crippen LogP contribution < -0.4 is 19.7 Å². The first-order valence-corrected chi connectivity index (χ1v) is 10.7. The van der Waals surface area contributed by atoms with Crippen LogP contribution in [-0.2, 0) is 9.59 Å². The summed E-state index contributed by atoms with van der Waals surface area (Å²) in [7, 11) is 1.55. The standard InChI is InChI=1S/C23H23ClN2O4S/c1-3-4-5-12-30-19-11-6-15(14-20(19)29-2)13-18-21(27)25-23(31)26(22(18)28)17-9-7-16(24)8-10-17/h6-11,13-14H,3-5,12H2,1-2H3,(H,25,27,31)/b18-13-. The maximum Gasteiger partial charge on any atom is 0.270 e. The van der Waals surface area contributed by atoms with Crippen LogP contribution in [0.1, 0.15) is 31.7 Å². The molecule has 1 N–H and O–H groups in total. The van der Waals surface area contributed by atoms with Crippen molar-refractivity contribution in [2.75, 3.05) is 18.6 Å². The van der Waals surface area contributed by atoms with E-state index in [0.29, 0.717) is 34.4 Å². The Labute approximate surface area is 191 Å². The summed E-state index contributed by atoms with van der Waals surface area (Å²) in [6.07, 6.45) is 4.67. The van der Waals surface area contributed by atoms with Crippen LogP contribution in [0.4, 0.5) is 5.69 Å². The minimum atomic E-state index is -0.556. The van der Waals surface area contributed by atoms with Crippen LogP contribution in [-0.4, -0.2) is 30.6 Å². The summed E-state index contributed by atoms with van der Waals surface area (Å²) in [6.45, 7) is 2.73. The number of amides is 2. The number of unbranched alkanes of at least 4 members (excludes halogenated alkanes) is 2. The number of carbonyl (C=O) groups excluding carboxylic acids is 2. The molecule has 0 aliphatic carbocycles. The van der Waals surface area contributed by atoms with Crippen molar-refractivity contribution in [2.24, 2.45) is 0 Å². The second kappa shape index (κ2) is 10.4. The Morgan fingerprint density at radius 2 is 1.84 bits per heavy atom. The smallest absolute Gasteiger partial charge is 0.270 e. The third-order valence-electron chi connectivity index (χ3n) is 4.69. The lowest BCUT2D eigenvalue weighted by Crippen LogP contribution is -2.54. The molecule has 6 nitrogen and oxygen atoms in total. The van der Waals surface area contributed by atoms with Crippen LogP contribution in [0.5, 0.6) is 11.5 Å². The van der Waals surface area contributed by atoms with Crippen molar-refractivity contribution in [3.05, 3.63) is 58.6 Å². The Hall–Kier alpha value is -2.90. The van der Waals surface area contributed by atoms with E-state index in [-0.39, 0.29) is 10.7 Å². The van der Waals surface area contributed by atoms with E-state index in [9.17, 15) is 9.59 Å². The van der Waals surface area contributed by atoms with Gasteiger partial charge < -0.3 is 9.47 Å². The number of thiocarbonyl (C=S) groups is 1. The number of ether oxygens (including phenoxy) is 2. The van der Waals surface area contributed by atoms with Gasteiger partial charge >= 0.3 is 0 Å². The molecule has 8 heteroatoms. The van der Waals surface area contributed by atoms with E-state index in [0.717, 1.165) is 19.3 Å². The Balaban J connectivity index is 1.86. The van der Waals surface area contributed by atoms with Gasteiger partial charge in [0.1, 0.15) is 5.57 Å². The second-order valence-corrected chi connectivity index (χ2v) is 7.72. The Bertz CT molecular complexity index is 1020. The van der Waals surface area contributed by atoms with Crippen molar-refractivity contribution in [2.45, 2.75) is 26.2 Å². The molecule has 0 spiro atoms. The maximum atomic E-state index is 13.1. The highest BCUT2D eigenvalue weighted by atomic mass is 35.5. The third-order valence-corrected chi connectivity index (χ3v) is 5.23. The number of hydrogen-bond acceptors (Lipinski definition) is 5. The molecule has 0 saturated carbocycles. The summed E-state index contributed by atoms with van der Waals surface area (Å²) in [5.41, 5.74) is 1.10. The molecular formula is C23H23ClN2O4S. The van der Waals surface area contributed by atoms with Crippen molar-refractivity contribution in [1.29, 1.82) is 0 Å². The molecule has 3 rings (SSSR count). The van der Waals surface area contributed by atoms with Gasteiger partial charge in [-0.1, -0.05) is 37.4 Å². The summed E-state index contributed by atoms with van der Waals surface area (Å²) in [5.74, 6) is 0.0674. The number of benzene rings is 2. The Morgan fingerprint density at radius 3 is 2.52 bits per heavy atom. The zero-order chi connectivity index (χ0) is 22.4. The van der Waals surface area contributed by atoms with Gasteiger partial charge in [0.25, 0.3) is 11.8 Å². The number of nitrogens with one attached hydrogen (secondary N) is 1. The van der Waals surface area contributed by atoms with Gasteiger partial charge in [-0.25, -0.2) is 0 Å². The molecule has 0 bridgehead atoms. The van der Waals surface area contributed by atoms with Gasteiger partial charge in [-0.05, 0) is 66.7 Å². The van der Waals surface area contributed by atoms with Crippen molar-refractivity contribution >= 4 is 52.5 Å². The Kier molecular flexibility index (Phi) is 7.65. The molecule has 2 aromatic rings. The monoisotopic (exact) mass is 458 g/mol. The van der Waals surface area contributed by atoms with Crippen LogP contribution in [0.25, 0.3) is 6.08 Å². The average molecular weight is 459 g/mol. The maximum absolute atomic E-state index is 13.1.